The van der Waals surface area contributed by atoms with Crippen LogP contribution in [0.25, 0.3) is 0 Å². The highest BCUT2D eigenvalue weighted by molar-refractivity contribution is 5.41. The highest BCUT2D eigenvalue weighted by Gasteiger charge is 2.32. The molecule has 1 aromatic rings. The van der Waals surface area contributed by atoms with E-state index in [9.17, 15) is 8.78 Å². The van der Waals surface area contributed by atoms with Gasteiger partial charge in [0.15, 0.2) is 11.6 Å². The van der Waals surface area contributed by atoms with E-state index >= 15 is 0 Å². The van der Waals surface area contributed by atoms with E-state index in [4.69, 9.17) is 4.74 Å². The lowest BCUT2D eigenvalue weighted by Crippen LogP contribution is -2.25. The van der Waals surface area contributed by atoms with Gasteiger partial charge in [0, 0.05) is 0 Å². The molecule has 3 heteroatoms. The average molecular weight is 405 g/mol. The van der Waals surface area contributed by atoms with Crippen molar-refractivity contribution in [3.63, 3.8) is 0 Å². The molecule has 3 rings (SSSR count). The first-order chi connectivity index (χ1) is 14.1. The molecule has 2 aliphatic rings. The van der Waals surface area contributed by atoms with Crippen LogP contribution in [0.4, 0.5) is 8.78 Å². The second-order valence-electron chi connectivity index (χ2n) is 9.28. The van der Waals surface area contributed by atoms with Crippen LogP contribution in [0.2, 0.25) is 0 Å². The molecule has 0 unspecified atom stereocenters. The van der Waals surface area contributed by atoms with Gasteiger partial charge < -0.3 is 4.74 Å². The van der Waals surface area contributed by atoms with Crippen LogP contribution in [-0.2, 0) is 6.42 Å². The normalized spacial score (nSPS) is 27.6. The summed E-state index contributed by atoms with van der Waals surface area (Å²) in [5, 5.41) is 0. The van der Waals surface area contributed by atoms with Crippen molar-refractivity contribution in [2.45, 2.75) is 89.9 Å². The van der Waals surface area contributed by atoms with E-state index in [1.165, 1.54) is 58.5 Å². The molecule has 162 valence electrons. The van der Waals surface area contributed by atoms with Gasteiger partial charge in [-0.3, -0.25) is 0 Å². The summed E-state index contributed by atoms with van der Waals surface area (Å²) in [4.78, 5) is 0. The third kappa shape index (κ3) is 5.22. The van der Waals surface area contributed by atoms with Crippen molar-refractivity contribution >= 4 is 0 Å². The average Bonchev–Trinajstić information content (AvgIpc) is 2.76. The fourth-order valence-corrected chi connectivity index (χ4v) is 5.93. The first-order valence-corrected chi connectivity index (χ1v) is 11.7. The van der Waals surface area contributed by atoms with Crippen LogP contribution in [0.1, 0.15) is 94.6 Å². The van der Waals surface area contributed by atoms with Crippen LogP contribution >= 0.6 is 0 Å². The standard InChI is InChI=1S/C26H38F2O/c1-4-6-8-22-23(17-24(29-3)26(28)25(22)27)21-15-13-20(14-16-21)19-11-9-18(7-5-2)10-12-19/h4,17-21H,1,5-16H2,2-3H3. The molecule has 0 amide bonds. The monoisotopic (exact) mass is 404 g/mol. The van der Waals surface area contributed by atoms with Gasteiger partial charge in [0.25, 0.3) is 0 Å². The lowest BCUT2D eigenvalue weighted by molar-refractivity contribution is 0.156. The third-order valence-corrected chi connectivity index (χ3v) is 7.59. The van der Waals surface area contributed by atoms with Crippen LogP contribution in [0.3, 0.4) is 0 Å². The Balaban J connectivity index is 1.67. The molecule has 2 saturated carbocycles. The van der Waals surface area contributed by atoms with Gasteiger partial charge in [-0.05, 0) is 92.2 Å². The van der Waals surface area contributed by atoms with Crippen molar-refractivity contribution in [3.05, 3.63) is 41.5 Å². The zero-order chi connectivity index (χ0) is 20.8. The van der Waals surface area contributed by atoms with Gasteiger partial charge in [-0.15, -0.1) is 6.58 Å². The fraction of sp³-hybridized carbons (Fsp3) is 0.692. The van der Waals surface area contributed by atoms with Gasteiger partial charge in [-0.2, -0.15) is 4.39 Å². The van der Waals surface area contributed by atoms with Crippen LogP contribution in [0.15, 0.2) is 18.7 Å². The van der Waals surface area contributed by atoms with E-state index in [0.29, 0.717) is 24.3 Å². The van der Waals surface area contributed by atoms with Crippen LogP contribution in [-0.4, -0.2) is 7.11 Å². The van der Waals surface area contributed by atoms with E-state index < -0.39 is 11.6 Å². The number of hydrogen-bond acceptors (Lipinski definition) is 1. The molecule has 2 fully saturated rings. The largest absolute Gasteiger partial charge is 0.494 e. The molecule has 0 aliphatic heterocycles. The predicted molar refractivity (Wildman–Crippen MR) is 116 cm³/mol. The molecule has 0 atom stereocenters. The lowest BCUT2D eigenvalue weighted by Gasteiger charge is -2.38. The summed E-state index contributed by atoms with van der Waals surface area (Å²) in [5.41, 5.74) is 1.50. The van der Waals surface area contributed by atoms with E-state index in [-0.39, 0.29) is 5.75 Å². The number of ether oxygens (including phenoxy) is 1. The van der Waals surface area contributed by atoms with Crippen molar-refractivity contribution in [1.29, 1.82) is 0 Å². The SMILES string of the molecule is C=CCCc1c(C2CCC(C3CCC(CCC)CC3)CC2)cc(OC)c(F)c1F. The van der Waals surface area contributed by atoms with Crippen molar-refractivity contribution in [2.24, 2.45) is 17.8 Å². The minimum Gasteiger partial charge on any atom is -0.494 e. The molecule has 0 bridgehead atoms. The fourth-order valence-electron chi connectivity index (χ4n) is 5.93. The number of halogens is 2. The maximum atomic E-state index is 14.8. The molecule has 0 saturated heterocycles. The number of allylic oxidation sites excluding steroid dienone is 1. The molecule has 0 aromatic heterocycles. The second kappa shape index (κ2) is 10.6. The Labute approximate surface area is 175 Å². The third-order valence-electron chi connectivity index (χ3n) is 7.59. The summed E-state index contributed by atoms with van der Waals surface area (Å²) >= 11 is 0. The number of methoxy groups -OCH3 is 1. The summed E-state index contributed by atoms with van der Waals surface area (Å²) in [7, 11) is 1.41. The molecule has 1 nitrogen and oxygen atoms in total. The molecule has 0 N–H and O–H groups in total. The van der Waals surface area contributed by atoms with Gasteiger partial charge >= 0.3 is 0 Å². The molecule has 0 spiro atoms. The van der Waals surface area contributed by atoms with Crippen LogP contribution < -0.4 is 4.74 Å². The van der Waals surface area contributed by atoms with Gasteiger partial charge in [0.2, 0.25) is 5.82 Å². The van der Waals surface area contributed by atoms with Crippen molar-refractivity contribution < 1.29 is 13.5 Å². The second-order valence-corrected chi connectivity index (χ2v) is 9.28. The predicted octanol–water partition coefficient (Wildman–Crippen LogP) is 7.97. The number of rotatable bonds is 8. The van der Waals surface area contributed by atoms with Crippen LogP contribution in [0.5, 0.6) is 5.75 Å². The number of benzene rings is 1. The Morgan fingerprint density at radius 3 is 2.17 bits per heavy atom. The zero-order valence-electron chi connectivity index (χ0n) is 18.3. The number of hydrogen-bond donors (Lipinski definition) is 0. The van der Waals surface area contributed by atoms with Crippen molar-refractivity contribution in [3.8, 4) is 5.75 Å². The van der Waals surface area contributed by atoms with E-state index in [1.54, 1.807) is 12.1 Å². The summed E-state index contributed by atoms with van der Waals surface area (Å²) in [6.45, 7) is 6.04. The van der Waals surface area contributed by atoms with E-state index in [0.717, 1.165) is 36.2 Å². The molecule has 0 radical (unpaired) electrons. The lowest BCUT2D eigenvalue weighted by atomic mass is 9.67. The Morgan fingerprint density at radius 1 is 1.00 bits per heavy atom. The first-order valence-electron chi connectivity index (χ1n) is 11.7. The maximum Gasteiger partial charge on any atom is 0.200 e. The minimum absolute atomic E-state index is 0.0382. The van der Waals surface area contributed by atoms with Crippen molar-refractivity contribution in [1.82, 2.24) is 0 Å². The van der Waals surface area contributed by atoms with Gasteiger partial charge in [0.05, 0.1) is 7.11 Å². The van der Waals surface area contributed by atoms with Gasteiger partial charge in [0.1, 0.15) is 0 Å². The highest BCUT2D eigenvalue weighted by Crippen LogP contribution is 2.46. The Kier molecular flexibility index (Phi) is 8.15. The Hall–Kier alpha value is -1.38. The van der Waals surface area contributed by atoms with Crippen LogP contribution in [0, 0.1) is 29.4 Å². The van der Waals surface area contributed by atoms with E-state index in [2.05, 4.69) is 13.5 Å². The first kappa shape index (κ1) is 22.3. The molecule has 0 heterocycles. The Bertz CT molecular complexity index is 668. The zero-order valence-corrected chi connectivity index (χ0v) is 18.3. The molecule has 29 heavy (non-hydrogen) atoms. The molecule has 2 aliphatic carbocycles. The van der Waals surface area contributed by atoms with Crippen molar-refractivity contribution in [2.75, 3.05) is 7.11 Å². The Morgan fingerprint density at radius 2 is 1.62 bits per heavy atom. The summed E-state index contributed by atoms with van der Waals surface area (Å²) in [5.74, 6) is 1.42. The van der Waals surface area contributed by atoms with E-state index in [1.807, 2.05) is 0 Å². The molecular weight excluding hydrogens is 366 g/mol. The summed E-state index contributed by atoms with van der Waals surface area (Å²) in [6, 6.07) is 1.76. The minimum atomic E-state index is -0.854. The summed E-state index contributed by atoms with van der Waals surface area (Å²) in [6.07, 6.45) is 15.8. The molecule has 1 aromatic carbocycles. The topological polar surface area (TPSA) is 9.23 Å². The summed E-state index contributed by atoms with van der Waals surface area (Å²) < 4.78 is 34.2. The van der Waals surface area contributed by atoms with Gasteiger partial charge in [-0.25, -0.2) is 4.39 Å². The highest BCUT2D eigenvalue weighted by atomic mass is 19.2. The smallest absolute Gasteiger partial charge is 0.200 e. The maximum absolute atomic E-state index is 14.8. The quantitative estimate of drug-likeness (QED) is 0.399. The molecular formula is C26H38F2O. The van der Waals surface area contributed by atoms with Gasteiger partial charge in [-0.1, -0.05) is 38.7 Å².